The Morgan fingerprint density at radius 3 is 2.75 bits per heavy atom. The number of aryl methyl sites for hydroxylation is 1. The van der Waals surface area contributed by atoms with Gasteiger partial charge in [-0.15, -0.1) is 0 Å². The molecule has 2 aromatic heterocycles. The third-order valence-electron chi connectivity index (χ3n) is 4.57. The van der Waals surface area contributed by atoms with Crippen molar-refractivity contribution >= 4 is 34.0 Å². The van der Waals surface area contributed by atoms with Crippen LogP contribution in [0.1, 0.15) is 17.1 Å². The average molecular weight is 390 g/mol. The van der Waals surface area contributed by atoms with E-state index in [1.54, 1.807) is 6.20 Å². The minimum atomic E-state index is 0.419. The molecule has 3 heterocycles. The molecule has 138 valence electrons. The van der Waals surface area contributed by atoms with Gasteiger partial charge in [0.25, 0.3) is 0 Å². The Kier molecular flexibility index (Phi) is 4.02. The fourth-order valence-corrected chi connectivity index (χ4v) is 3.46. The Bertz CT molecular complexity index is 1170. The number of fused-ring (bicyclic) bond motifs is 2. The summed E-state index contributed by atoms with van der Waals surface area (Å²) in [4.78, 5) is 9.15. The standard InChI is InChI=1S/C22H16ClN3O2/c1-13-10-15(23)18(24-12-13)11-14(21-25-16-6-2-4-8-19(16)27-21)22-26-17-7-3-5-9-20(17)28-22/h2-10,12,25H,11H2,1H3. The quantitative estimate of drug-likeness (QED) is 0.494. The molecule has 0 spiro atoms. The smallest absolute Gasteiger partial charge is 0.229 e. The number of para-hydroxylation sites is 4. The fraction of sp³-hybridized carbons (Fsp3) is 0.0909. The molecule has 0 saturated heterocycles. The maximum atomic E-state index is 6.44. The second kappa shape index (κ2) is 6.69. The number of allylic oxidation sites excluding steroid dienone is 1. The summed E-state index contributed by atoms with van der Waals surface area (Å²) >= 11 is 6.44. The van der Waals surface area contributed by atoms with E-state index in [0.29, 0.717) is 28.8 Å². The summed E-state index contributed by atoms with van der Waals surface area (Å²) in [5, 5.41) is 3.92. The van der Waals surface area contributed by atoms with Crippen molar-refractivity contribution in [3.05, 3.63) is 88.8 Å². The Hall–Kier alpha value is -3.31. The van der Waals surface area contributed by atoms with Crippen molar-refractivity contribution in [1.29, 1.82) is 0 Å². The van der Waals surface area contributed by atoms with Crippen LogP contribution in [0.15, 0.2) is 71.1 Å². The molecule has 1 aliphatic rings. The van der Waals surface area contributed by atoms with Gasteiger partial charge in [0.05, 0.1) is 22.0 Å². The van der Waals surface area contributed by atoms with E-state index >= 15 is 0 Å². The fourth-order valence-electron chi connectivity index (χ4n) is 3.17. The van der Waals surface area contributed by atoms with Gasteiger partial charge in [-0.1, -0.05) is 35.9 Å². The number of oxazole rings is 1. The van der Waals surface area contributed by atoms with E-state index in [2.05, 4.69) is 15.3 Å². The number of ether oxygens (including phenoxy) is 1. The van der Waals surface area contributed by atoms with Crippen LogP contribution in [0.5, 0.6) is 5.75 Å². The van der Waals surface area contributed by atoms with Gasteiger partial charge in [-0.05, 0) is 42.8 Å². The third-order valence-corrected chi connectivity index (χ3v) is 4.90. The van der Waals surface area contributed by atoms with Gasteiger partial charge in [0.15, 0.2) is 11.3 Å². The van der Waals surface area contributed by atoms with Crippen molar-refractivity contribution in [3.8, 4) is 5.75 Å². The maximum Gasteiger partial charge on any atom is 0.229 e. The van der Waals surface area contributed by atoms with Crippen LogP contribution in [0.3, 0.4) is 0 Å². The summed E-state index contributed by atoms with van der Waals surface area (Å²) in [5.41, 5.74) is 4.90. The minimum Gasteiger partial charge on any atom is -0.438 e. The maximum absolute atomic E-state index is 6.44. The summed E-state index contributed by atoms with van der Waals surface area (Å²) < 4.78 is 12.1. The minimum absolute atomic E-state index is 0.419. The van der Waals surface area contributed by atoms with Gasteiger partial charge < -0.3 is 14.5 Å². The predicted octanol–water partition coefficient (Wildman–Crippen LogP) is 5.60. The van der Waals surface area contributed by atoms with Gasteiger partial charge in [-0.2, -0.15) is 0 Å². The highest BCUT2D eigenvalue weighted by molar-refractivity contribution is 6.31. The number of nitrogens with one attached hydrogen (secondary N) is 1. The number of benzene rings is 2. The molecule has 0 radical (unpaired) electrons. The lowest BCUT2D eigenvalue weighted by Gasteiger charge is -2.09. The molecule has 6 heteroatoms. The topological polar surface area (TPSA) is 60.2 Å². The van der Waals surface area contributed by atoms with Gasteiger partial charge >= 0.3 is 0 Å². The molecule has 0 amide bonds. The first-order valence-electron chi connectivity index (χ1n) is 8.91. The Morgan fingerprint density at radius 2 is 1.93 bits per heavy atom. The van der Waals surface area contributed by atoms with E-state index < -0.39 is 0 Å². The SMILES string of the molecule is Cc1cnc(CC(=C2Nc3ccccc3O2)c2nc3ccccc3o2)c(Cl)c1. The number of anilines is 1. The number of halogens is 1. The van der Waals surface area contributed by atoms with Gasteiger partial charge in [0.2, 0.25) is 11.8 Å². The molecule has 0 bridgehead atoms. The molecule has 0 fully saturated rings. The average Bonchev–Trinajstić information content (AvgIpc) is 3.31. The van der Waals surface area contributed by atoms with Crippen molar-refractivity contribution in [1.82, 2.24) is 9.97 Å². The van der Waals surface area contributed by atoms with Gasteiger partial charge in [-0.25, -0.2) is 4.98 Å². The first-order valence-corrected chi connectivity index (χ1v) is 9.29. The van der Waals surface area contributed by atoms with E-state index in [4.69, 9.17) is 20.8 Å². The number of hydrogen-bond acceptors (Lipinski definition) is 5. The van der Waals surface area contributed by atoms with Crippen molar-refractivity contribution in [2.24, 2.45) is 0 Å². The van der Waals surface area contributed by atoms with Crippen LogP contribution in [0.4, 0.5) is 5.69 Å². The van der Waals surface area contributed by atoms with E-state index in [1.807, 2.05) is 61.5 Å². The molecular formula is C22H16ClN3O2. The highest BCUT2D eigenvalue weighted by Gasteiger charge is 2.25. The second-order valence-electron chi connectivity index (χ2n) is 6.64. The zero-order chi connectivity index (χ0) is 19.1. The molecule has 0 atom stereocenters. The van der Waals surface area contributed by atoms with Crippen LogP contribution in [-0.4, -0.2) is 9.97 Å². The number of rotatable bonds is 3. The molecule has 0 aliphatic carbocycles. The van der Waals surface area contributed by atoms with Crippen LogP contribution in [0.25, 0.3) is 16.7 Å². The zero-order valence-electron chi connectivity index (χ0n) is 15.1. The molecule has 5 nitrogen and oxygen atoms in total. The first kappa shape index (κ1) is 16.8. The third kappa shape index (κ3) is 3.00. The van der Waals surface area contributed by atoms with Gasteiger partial charge in [0, 0.05) is 12.6 Å². The van der Waals surface area contributed by atoms with Crippen molar-refractivity contribution < 1.29 is 9.15 Å². The van der Waals surface area contributed by atoms with Crippen molar-refractivity contribution in [2.75, 3.05) is 5.32 Å². The van der Waals surface area contributed by atoms with Crippen LogP contribution in [-0.2, 0) is 6.42 Å². The summed E-state index contributed by atoms with van der Waals surface area (Å²) in [5.74, 6) is 1.82. The normalized spacial score (nSPS) is 14.5. The molecule has 28 heavy (non-hydrogen) atoms. The Morgan fingerprint density at radius 1 is 1.11 bits per heavy atom. The van der Waals surface area contributed by atoms with Crippen molar-refractivity contribution in [3.63, 3.8) is 0 Å². The first-order chi connectivity index (χ1) is 13.7. The summed E-state index contributed by atoms with van der Waals surface area (Å²) in [6.07, 6.45) is 2.22. The van der Waals surface area contributed by atoms with Crippen molar-refractivity contribution in [2.45, 2.75) is 13.3 Å². The van der Waals surface area contributed by atoms with Crippen LogP contribution >= 0.6 is 11.6 Å². The van der Waals surface area contributed by atoms with E-state index in [0.717, 1.165) is 33.8 Å². The molecule has 1 N–H and O–H groups in total. The molecule has 1 aliphatic heterocycles. The second-order valence-corrected chi connectivity index (χ2v) is 7.04. The molecule has 4 aromatic rings. The Labute approximate surface area is 166 Å². The summed E-state index contributed by atoms with van der Waals surface area (Å²) in [7, 11) is 0. The molecule has 5 rings (SSSR count). The summed E-state index contributed by atoms with van der Waals surface area (Å²) in [6, 6.07) is 17.3. The molecule has 0 saturated carbocycles. The molecular weight excluding hydrogens is 374 g/mol. The number of aromatic nitrogens is 2. The lowest BCUT2D eigenvalue weighted by atomic mass is 10.1. The Balaban J connectivity index is 1.63. The van der Waals surface area contributed by atoms with Gasteiger partial charge in [0.1, 0.15) is 5.52 Å². The number of pyridine rings is 1. The highest BCUT2D eigenvalue weighted by Crippen LogP contribution is 2.37. The predicted molar refractivity (Wildman–Crippen MR) is 109 cm³/mol. The van der Waals surface area contributed by atoms with E-state index in [-0.39, 0.29) is 0 Å². The lowest BCUT2D eigenvalue weighted by molar-refractivity contribution is 0.454. The van der Waals surface area contributed by atoms with E-state index in [1.165, 1.54) is 0 Å². The largest absolute Gasteiger partial charge is 0.438 e. The van der Waals surface area contributed by atoms with Crippen LogP contribution in [0.2, 0.25) is 5.02 Å². The molecule has 0 unspecified atom stereocenters. The van der Waals surface area contributed by atoms with E-state index in [9.17, 15) is 0 Å². The lowest BCUT2D eigenvalue weighted by Crippen LogP contribution is -2.06. The summed E-state index contributed by atoms with van der Waals surface area (Å²) in [6.45, 7) is 1.96. The molecule has 2 aromatic carbocycles. The zero-order valence-corrected chi connectivity index (χ0v) is 15.8. The number of nitrogens with zero attached hydrogens (tertiary/aromatic N) is 2. The monoisotopic (exact) mass is 389 g/mol. The highest BCUT2D eigenvalue weighted by atomic mass is 35.5. The number of hydrogen-bond donors (Lipinski definition) is 1. The van der Waals surface area contributed by atoms with Crippen LogP contribution < -0.4 is 10.1 Å². The van der Waals surface area contributed by atoms with Gasteiger partial charge in [-0.3, -0.25) is 4.98 Å². The van der Waals surface area contributed by atoms with Crippen LogP contribution in [0, 0.1) is 6.92 Å².